The second kappa shape index (κ2) is 9.64. The molecular formula is C18H32N2O. The molecule has 0 saturated heterocycles. The van der Waals surface area contributed by atoms with E-state index in [0.717, 1.165) is 13.0 Å². The van der Waals surface area contributed by atoms with Crippen molar-refractivity contribution in [1.29, 1.82) is 0 Å². The molecule has 0 spiro atoms. The van der Waals surface area contributed by atoms with Gasteiger partial charge >= 0.3 is 0 Å². The lowest BCUT2D eigenvalue weighted by molar-refractivity contribution is -0.133. The minimum absolute atomic E-state index is 0.257. The third kappa shape index (κ3) is 6.36. The molecule has 0 aliphatic carbocycles. The number of rotatable bonds is 10. The first-order valence-corrected chi connectivity index (χ1v) is 8.46. The van der Waals surface area contributed by atoms with Crippen LogP contribution in [-0.2, 0) is 18.4 Å². The number of aryl methyl sites for hydroxylation is 1. The molecule has 120 valence electrons. The normalized spacial score (nSPS) is 11.1. The zero-order valence-electron chi connectivity index (χ0n) is 14.3. The van der Waals surface area contributed by atoms with Crippen LogP contribution in [0.25, 0.3) is 0 Å². The molecule has 1 amide bonds. The van der Waals surface area contributed by atoms with Crippen molar-refractivity contribution in [2.24, 2.45) is 7.05 Å². The lowest BCUT2D eigenvalue weighted by Crippen LogP contribution is -2.36. The molecule has 0 saturated carbocycles. The van der Waals surface area contributed by atoms with Gasteiger partial charge in [0, 0.05) is 31.4 Å². The van der Waals surface area contributed by atoms with Crippen molar-refractivity contribution in [3.63, 3.8) is 0 Å². The lowest BCUT2D eigenvalue weighted by Gasteiger charge is -2.27. The van der Waals surface area contributed by atoms with E-state index in [9.17, 15) is 4.79 Å². The van der Waals surface area contributed by atoms with Crippen LogP contribution in [-0.4, -0.2) is 21.4 Å². The Bertz CT molecular complexity index is 409. The van der Waals surface area contributed by atoms with Gasteiger partial charge in [0.05, 0.1) is 6.54 Å². The molecule has 0 unspecified atom stereocenters. The Morgan fingerprint density at radius 2 is 1.86 bits per heavy atom. The summed E-state index contributed by atoms with van der Waals surface area (Å²) in [6.07, 6.45) is 10.1. The van der Waals surface area contributed by atoms with Gasteiger partial charge in [-0.05, 0) is 32.4 Å². The summed E-state index contributed by atoms with van der Waals surface area (Å²) in [6, 6.07) is 4.38. The number of hydrogen-bond donors (Lipinski definition) is 0. The fourth-order valence-corrected chi connectivity index (χ4v) is 2.59. The van der Waals surface area contributed by atoms with E-state index in [-0.39, 0.29) is 6.04 Å². The molecule has 3 heteroatoms. The Hall–Kier alpha value is -1.25. The Morgan fingerprint density at radius 3 is 2.43 bits per heavy atom. The highest BCUT2D eigenvalue weighted by Gasteiger charge is 2.17. The number of aromatic nitrogens is 1. The van der Waals surface area contributed by atoms with Gasteiger partial charge in [0.2, 0.25) is 5.91 Å². The summed E-state index contributed by atoms with van der Waals surface area (Å²) in [5.74, 6) is 0.293. The third-order valence-corrected chi connectivity index (χ3v) is 4.07. The minimum atomic E-state index is 0.257. The second-order valence-electron chi connectivity index (χ2n) is 6.24. The van der Waals surface area contributed by atoms with Gasteiger partial charge in [-0.1, -0.05) is 39.0 Å². The quantitative estimate of drug-likeness (QED) is 0.582. The number of carbonyl (C=O) groups is 1. The van der Waals surface area contributed by atoms with E-state index in [4.69, 9.17) is 0 Å². The van der Waals surface area contributed by atoms with E-state index in [1.165, 1.54) is 37.8 Å². The van der Waals surface area contributed by atoms with Crippen molar-refractivity contribution in [2.45, 2.75) is 78.3 Å². The maximum absolute atomic E-state index is 12.4. The predicted octanol–water partition coefficient (Wildman–Crippen LogP) is 4.51. The average Bonchev–Trinajstić information content (AvgIpc) is 2.84. The van der Waals surface area contributed by atoms with Crippen LogP contribution in [0.5, 0.6) is 0 Å². The summed E-state index contributed by atoms with van der Waals surface area (Å²) in [7, 11) is 2.03. The van der Waals surface area contributed by atoms with Crippen LogP contribution in [0.1, 0.15) is 71.4 Å². The first-order valence-electron chi connectivity index (χ1n) is 8.46. The fraction of sp³-hybridized carbons (Fsp3) is 0.722. The van der Waals surface area contributed by atoms with Gasteiger partial charge in [0.25, 0.3) is 0 Å². The van der Waals surface area contributed by atoms with Gasteiger partial charge in [0.15, 0.2) is 0 Å². The van der Waals surface area contributed by atoms with Crippen LogP contribution in [0.3, 0.4) is 0 Å². The molecule has 1 aromatic heterocycles. The van der Waals surface area contributed by atoms with Crippen LogP contribution in [0.2, 0.25) is 0 Å². The smallest absolute Gasteiger partial charge is 0.223 e. The van der Waals surface area contributed by atoms with E-state index < -0.39 is 0 Å². The summed E-state index contributed by atoms with van der Waals surface area (Å²) in [4.78, 5) is 14.4. The maximum atomic E-state index is 12.4. The van der Waals surface area contributed by atoms with Crippen molar-refractivity contribution in [2.75, 3.05) is 0 Å². The van der Waals surface area contributed by atoms with Crippen LogP contribution >= 0.6 is 0 Å². The van der Waals surface area contributed by atoms with Gasteiger partial charge in [-0.25, -0.2) is 0 Å². The third-order valence-electron chi connectivity index (χ3n) is 4.07. The highest BCUT2D eigenvalue weighted by molar-refractivity contribution is 5.76. The molecule has 0 aliphatic heterocycles. The van der Waals surface area contributed by atoms with Crippen molar-refractivity contribution in [3.05, 3.63) is 24.0 Å². The van der Waals surface area contributed by atoms with Crippen molar-refractivity contribution in [1.82, 2.24) is 9.47 Å². The molecule has 21 heavy (non-hydrogen) atoms. The summed E-state index contributed by atoms with van der Waals surface area (Å²) < 4.78 is 2.09. The van der Waals surface area contributed by atoms with E-state index in [1.54, 1.807) is 0 Å². The fourth-order valence-electron chi connectivity index (χ4n) is 2.59. The molecule has 0 atom stereocenters. The van der Waals surface area contributed by atoms with E-state index >= 15 is 0 Å². The summed E-state index contributed by atoms with van der Waals surface area (Å²) in [6.45, 7) is 7.15. The number of amides is 1. The molecule has 1 rings (SSSR count). The summed E-state index contributed by atoms with van der Waals surface area (Å²) >= 11 is 0. The molecule has 0 aromatic carbocycles. The van der Waals surface area contributed by atoms with Gasteiger partial charge in [0.1, 0.15) is 0 Å². The zero-order chi connectivity index (χ0) is 15.7. The molecule has 1 aromatic rings. The number of unbranched alkanes of at least 4 members (excludes halogenated alkanes) is 5. The predicted molar refractivity (Wildman–Crippen MR) is 89.1 cm³/mol. The zero-order valence-corrected chi connectivity index (χ0v) is 14.3. The largest absolute Gasteiger partial charge is 0.353 e. The topological polar surface area (TPSA) is 25.2 Å². The van der Waals surface area contributed by atoms with Crippen LogP contribution in [0.4, 0.5) is 0 Å². The maximum Gasteiger partial charge on any atom is 0.223 e. The van der Waals surface area contributed by atoms with Crippen LogP contribution < -0.4 is 0 Å². The van der Waals surface area contributed by atoms with Gasteiger partial charge in [-0.2, -0.15) is 0 Å². The minimum Gasteiger partial charge on any atom is -0.353 e. The van der Waals surface area contributed by atoms with Gasteiger partial charge in [-0.3, -0.25) is 4.79 Å². The van der Waals surface area contributed by atoms with Crippen molar-refractivity contribution >= 4 is 5.91 Å². The second-order valence-corrected chi connectivity index (χ2v) is 6.24. The molecule has 0 radical (unpaired) electrons. The monoisotopic (exact) mass is 292 g/mol. The first kappa shape index (κ1) is 17.8. The Labute approximate surface area is 130 Å². The summed E-state index contributed by atoms with van der Waals surface area (Å²) in [5, 5.41) is 0. The number of hydrogen-bond acceptors (Lipinski definition) is 1. The van der Waals surface area contributed by atoms with Crippen LogP contribution in [0, 0.1) is 0 Å². The molecule has 3 nitrogen and oxygen atoms in total. The van der Waals surface area contributed by atoms with E-state index in [0.29, 0.717) is 12.3 Å². The first-order chi connectivity index (χ1) is 10.1. The Morgan fingerprint density at radius 1 is 1.19 bits per heavy atom. The molecule has 0 fully saturated rings. The molecule has 0 aliphatic rings. The van der Waals surface area contributed by atoms with Crippen LogP contribution in [0.15, 0.2) is 18.3 Å². The summed E-state index contributed by atoms with van der Waals surface area (Å²) in [5.41, 5.74) is 1.19. The lowest BCUT2D eigenvalue weighted by atomic mass is 10.1. The highest BCUT2D eigenvalue weighted by Crippen LogP contribution is 2.13. The Kier molecular flexibility index (Phi) is 8.17. The van der Waals surface area contributed by atoms with E-state index in [2.05, 4.69) is 31.4 Å². The highest BCUT2D eigenvalue weighted by atomic mass is 16.2. The molecule has 0 N–H and O–H groups in total. The van der Waals surface area contributed by atoms with Gasteiger partial charge < -0.3 is 9.47 Å². The molecular weight excluding hydrogens is 260 g/mol. The standard InChI is InChI=1S/C18H32N2O/c1-5-6-7-8-9-10-13-18(21)20(16(2)3)15-17-12-11-14-19(17)4/h11-12,14,16H,5-10,13,15H2,1-4H3. The van der Waals surface area contributed by atoms with Crippen molar-refractivity contribution in [3.8, 4) is 0 Å². The van der Waals surface area contributed by atoms with Gasteiger partial charge in [-0.15, -0.1) is 0 Å². The molecule has 0 bridgehead atoms. The number of carbonyl (C=O) groups excluding carboxylic acids is 1. The Balaban J connectivity index is 2.38. The molecule has 1 heterocycles. The van der Waals surface area contributed by atoms with E-state index in [1.807, 2.05) is 24.2 Å². The SMILES string of the molecule is CCCCCCCCC(=O)N(Cc1cccn1C)C(C)C. The van der Waals surface area contributed by atoms with Crippen molar-refractivity contribution < 1.29 is 4.79 Å². The number of nitrogens with zero attached hydrogens (tertiary/aromatic N) is 2. The average molecular weight is 292 g/mol.